The van der Waals surface area contributed by atoms with E-state index in [0.717, 1.165) is 19.4 Å². The number of methoxy groups -OCH3 is 1. The minimum Gasteiger partial charge on any atom is -0.508 e. The molecule has 11 nitrogen and oxygen atoms in total. The number of hydrogen-bond donors (Lipinski definition) is 1. The van der Waals surface area contributed by atoms with Crippen molar-refractivity contribution in [2.45, 2.75) is 77.0 Å². The lowest BCUT2D eigenvalue weighted by molar-refractivity contribution is -0.136. The molecule has 1 aliphatic carbocycles. The van der Waals surface area contributed by atoms with Crippen molar-refractivity contribution in [3.8, 4) is 47.3 Å². The summed E-state index contributed by atoms with van der Waals surface area (Å²) in [4.78, 5) is 33.3. The predicted octanol–water partition coefficient (Wildman–Crippen LogP) is 6.53. The molecule has 4 aromatic rings. The van der Waals surface area contributed by atoms with E-state index in [1.165, 1.54) is 31.4 Å². The fourth-order valence-electron chi connectivity index (χ4n) is 8.20. The smallest absolute Gasteiger partial charge is 0.319 e. The van der Waals surface area contributed by atoms with Crippen LogP contribution in [-0.4, -0.2) is 100 Å². The molecule has 2 aliphatic heterocycles. The van der Waals surface area contributed by atoms with Crippen molar-refractivity contribution in [1.29, 1.82) is 5.26 Å². The highest BCUT2D eigenvalue weighted by Crippen LogP contribution is 2.48. The summed E-state index contributed by atoms with van der Waals surface area (Å²) in [7, 11) is 1.38. The topological polar surface area (TPSA) is 128 Å². The number of amides is 1. The number of pyridine rings is 1. The Hall–Kier alpha value is -5.34. The molecule has 2 unspecified atom stereocenters. The van der Waals surface area contributed by atoms with Crippen LogP contribution >= 0.6 is 0 Å². The molecule has 1 amide bonds. The number of halogens is 3. The van der Waals surface area contributed by atoms with Gasteiger partial charge in [-0.25, -0.2) is 18.2 Å². The van der Waals surface area contributed by atoms with Crippen LogP contribution in [0.4, 0.5) is 19.0 Å². The van der Waals surface area contributed by atoms with Gasteiger partial charge in [0.05, 0.1) is 25.3 Å². The molecule has 7 rings (SSSR count). The molecule has 2 aromatic carbocycles. The number of phenolic OH excluding ortho intramolecular Hbond substituents is 1. The lowest BCUT2D eigenvalue weighted by Crippen LogP contribution is -2.60. The summed E-state index contributed by atoms with van der Waals surface area (Å²) in [6, 6.07) is 6.65. The van der Waals surface area contributed by atoms with E-state index < -0.39 is 17.8 Å². The van der Waals surface area contributed by atoms with Crippen LogP contribution in [0.1, 0.15) is 64.4 Å². The molecule has 2 atom stereocenters. The SMILES string of the molecule is C#Cc1c(F)ccc2cc(O)cc(-c3nc(OC)c4c(N5CC(CC)N(C(=O)CC#N)C(CC)C5)nc(OCC5(CN6CCC(F)CC6)CC5)nc4c3F)c12. The molecule has 0 radical (unpaired) electrons. The minimum absolute atomic E-state index is 0.0258. The van der Waals surface area contributed by atoms with Crippen molar-refractivity contribution >= 4 is 33.4 Å². The summed E-state index contributed by atoms with van der Waals surface area (Å²) in [6.07, 6.45) is 8.73. The normalized spacial score (nSPS) is 20.0. The second-order valence-corrected chi connectivity index (χ2v) is 14.9. The summed E-state index contributed by atoms with van der Waals surface area (Å²) < 4.78 is 58.4. The van der Waals surface area contributed by atoms with Crippen molar-refractivity contribution in [2.24, 2.45) is 5.41 Å². The molecule has 0 spiro atoms. The highest BCUT2D eigenvalue weighted by Gasteiger charge is 2.46. The number of phenols is 1. The van der Waals surface area contributed by atoms with E-state index in [1.54, 1.807) is 4.90 Å². The molecule has 3 aliphatic rings. The molecule has 1 N–H and O–H groups in total. The molecule has 2 aromatic heterocycles. The lowest BCUT2D eigenvalue weighted by atomic mass is 9.95. The monoisotopic (exact) mass is 755 g/mol. The van der Waals surface area contributed by atoms with Crippen LogP contribution in [0.3, 0.4) is 0 Å². The Balaban J connectivity index is 1.37. The average molecular weight is 756 g/mol. The van der Waals surface area contributed by atoms with Gasteiger partial charge >= 0.3 is 6.01 Å². The highest BCUT2D eigenvalue weighted by atomic mass is 19.1. The number of rotatable bonds is 11. The second-order valence-electron chi connectivity index (χ2n) is 14.9. The third kappa shape index (κ3) is 7.28. The number of likely N-dealkylation sites (tertiary alicyclic amines) is 1. The molecule has 2 saturated heterocycles. The van der Waals surface area contributed by atoms with Crippen molar-refractivity contribution in [2.75, 3.05) is 51.3 Å². The number of hydrogen-bond acceptors (Lipinski definition) is 10. The van der Waals surface area contributed by atoms with Crippen molar-refractivity contribution in [3.05, 3.63) is 41.5 Å². The number of nitrogens with zero attached hydrogens (tertiary/aromatic N) is 7. The Morgan fingerprint density at radius 1 is 1.07 bits per heavy atom. The number of carbonyl (C=O) groups excluding carboxylic acids is 1. The number of piperidine rings is 1. The van der Waals surface area contributed by atoms with Crippen LogP contribution in [0, 0.1) is 40.7 Å². The quantitative estimate of drug-likeness (QED) is 0.169. The van der Waals surface area contributed by atoms with Gasteiger partial charge in [-0.05, 0) is 62.1 Å². The van der Waals surface area contributed by atoms with Gasteiger partial charge in [0.1, 0.15) is 46.6 Å². The molecule has 0 bridgehead atoms. The zero-order valence-corrected chi connectivity index (χ0v) is 31.2. The van der Waals surface area contributed by atoms with Gasteiger partial charge < -0.3 is 29.3 Å². The Morgan fingerprint density at radius 3 is 2.40 bits per heavy atom. The number of carbonyl (C=O) groups is 1. The number of benzene rings is 2. The standard InChI is InChI=1S/C41H44F3N7O4/c1-5-26-20-50(21-27(6-2)51(26)32(53)10-15-45)38-34-37(47-40(48-38)55-23-41(13-14-41)22-49-16-11-25(42)12-17-49)35(44)36(46-39(34)54-4)30-19-28(52)18-24-8-9-31(43)29(7-3)33(24)30/h3,8-9,18-19,25-27,52H,5-6,10-14,16-17,20-23H2,1-2,4H3. The summed E-state index contributed by atoms with van der Waals surface area (Å²) in [6.45, 7) is 6.92. The summed E-state index contributed by atoms with van der Waals surface area (Å²) in [5.41, 5.74) is -0.701. The fourth-order valence-corrected chi connectivity index (χ4v) is 8.20. The summed E-state index contributed by atoms with van der Waals surface area (Å²) in [5, 5.41) is 20.8. The van der Waals surface area contributed by atoms with Crippen molar-refractivity contribution < 1.29 is 32.5 Å². The lowest BCUT2D eigenvalue weighted by Gasteiger charge is -2.47. The molecule has 14 heteroatoms. The molecular formula is C41H44F3N7O4. The van der Waals surface area contributed by atoms with Crippen LogP contribution in [0.2, 0.25) is 0 Å². The Labute approximate surface area is 318 Å². The summed E-state index contributed by atoms with van der Waals surface area (Å²) >= 11 is 0. The fraction of sp³-hybridized carbons (Fsp3) is 0.488. The maximum atomic E-state index is 17.3. The van der Waals surface area contributed by atoms with Crippen molar-refractivity contribution in [1.82, 2.24) is 24.8 Å². The predicted molar refractivity (Wildman–Crippen MR) is 202 cm³/mol. The summed E-state index contributed by atoms with van der Waals surface area (Å²) in [5.74, 6) is 0.589. The maximum Gasteiger partial charge on any atom is 0.319 e. The average Bonchev–Trinajstić information content (AvgIpc) is 3.96. The van der Waals surface area contributed by atoms with Gasteiger partial charge in [-0.1, -0.05) is 25.8 Å². The van der Waals surface area contributed by atoms with Crippen LogP contribution in [0.25, 0.3) is 32.9 Å². The number of fused-ring (bicyclic) bond motifs is 2. The number of nitriles is 1. The number of terminal acetylenes is 1. The Bertz CT molecular complexity index is 2200. The molecule has 288 valence electrons. The minimum atomic E-state index is -0.888. The van der Waals surface area contributed by atoms with Gasteiger partial charge in [0.2, 0.25) is 11.8 Å². The second kappa shape index (κ2) is 15.4. The van der Waals surface area contributed by atoms with Crippen LogP contribution in [-0.2, 0) is 4.79 Å². The molecule has 1 saturated carbocycles. The van der Waals surface area contributed by atoms with Gasteiger partial charge in [-0.2, -0.15) is 15.2 Å². The third-order valence-corrected chi connectivity index (χ3v) is 11.3. The number of aromatic hydroxyl groups is 1. The van der Waals surface area contributed by atoms with Gasteiger partial charge in [0, 0.05) is 61.2 Å². The maximum absolute atomic E-state index is 17.3. The zero-order valence-electron chi connectivity index (χ0n) is 31.2. The van der Waals surface area contributed by atoms with E-state index in [-0.39, 0.29) is 87.2 Å². The van der Waals surface area contributed by atoms with Crippen LogP contribution < -0.4 is 14.4 Å². The molecule has 55 heavy (non-hydrogen) atoms. The number of aromatic nitrogens is 3. The van der Waals surface area contributed by atoms with Gasteiger partial charge in [0.15, 0.2) is 5.82 Å². The number of anilines is 1. The van der Waals surface area contributed by atoms with E-state index in [1.807, 2.05) is 24.8 Å². The Morgan fingerprint density at radius 2 is 1.78 bits per heavy atom. The van der Waals surface area contributed by atoms with E-state index >= 15 is 8.78 Å². The van der Waals surface area contributed by atoms with Gasteiger partial charge in [-0.3, -0.25) is 4.79 Å². The van der Waals surface area contributed by atoms with Gasteiger partial charge in [0.25, 0.3) is 0 Å². The Kier molecular flexibility index (Phi) is 10.6. The first-order chi connectivity index (χ1) is 26.5. The van der Waals surface area contributed by atoms with E-state index in [9.17, 15) is 19.6 Å². The third-order valence-electron chi connectivity index (χ3n) is 11.3. The zero-order chi connectivity index (χ0) is 39.0. The largest absolute Gasteiger partial charge is 0.508 e. The molecule has 3 fully saturated rings. The van der Waals surface area contributed by atoms with Crippen LogP contribution in [0.15, 0.2) is 24.3 Å². The van der Waals surface area contributed by atoms with Gasteiger partial charge in [-0.15, -0.1) is 6.42 Å². The van der Waals surface area contributed by atoms with E-state index in [0.29, 0.717) is 63.1 Å². The van der Waals surface area contributed by atoms with E-state index in [2.05, 4.69) is 20.8 Å². The van der Waals surface area contributed by atoms with Crippen molar-refractivity contribution in [3.63, 3.8) is 0 Å². The molecule has 4 heterocycles. The van der Waals surface area contributed by atoms with E-state index in [4.69, 9.17) is 20.9 Å². The first kappa shape index (κ1) is 38.0. The number of alkyl halides is 1. The number of ether oxygens (including phenoxy) is 2. The highest BCUT2D eigenvalue weighted by molar-refractivity contribution is 6.04. The first-order valence-corrected chi connectivity index (χ1v) is 18.8. The first-order valence-electron chi connectivity index (χ1n) is 18.8. The molecular weight excluding hydrogens is 711 g/mol. The van der Waals surface area contributed by atoms with Crippen LogP contribution in [0.5, 0.6) is 17.6 Å². The number of piperazine rings is 1.